The zero-order valence-electron chi connectivity index (χ0n) is 15.3. The van der Waals surface area contributed by atoms with E-state index in [0.717, 1.165) is 0 Å². The first-order valence-electron chi connectivity index (χ1n) is 8.63. The van der Waals surface area contributed by atoms with E-state index in [1.165, 1.54) is 6.21 Å². The number of hydrogen-bond acceptors (Lipinski definition) is 3. The molecular weight excluding hydrogens is 447 g/mol. The van der Waals surface area contributed by atoms with Crippen LogP contribution in [0.15, 0.2) is 71.8 Å². The summed E-state index contributed by atoms with van der Waals surface area (Å²) < 4.78 is 0. The average Bonchev–Trinajstić information content (AvgIpc) is 2.71. The summed E-state index contributed by atoms with van der Waals surface area (Å²) in [6, 6.07) is 17.7. The van der Waals surface area contributed by atoms with Gasteiger partial charge < -0.3 is 10.6 Å². The van der Waals surface area contributed by atoms with Gasteiger partial charge in [0, 0.05) is 22.0 Å². The summed E-state index contributed by atoms with van der Waals surface area (Å²) in [6.07, 6.45) is 1.45. The Morgan fingerprint density at radius 2 is 1.53 bits per heavy atom. The van der Waals surface area contributed by atoms with Crippen molar-refractivity contribution >= 4 is 64.3 Å². The number of amides is 3. The van der Waals surface area contributed by atoms with Gasteiger partial charge in [0.2, 0.25) is 0 Å². The molecule has 0 aliphatic carbocycles. The van der Waals surface area contributed by atoms with Crippen molar-refractivity contribution in [2.75, 3.05) is 10.6 Å². The Kier molecular flexibility index (Phi) is 7.30. The normalized spacial score (nSPS) is 10.6. The first kappa shape index (κ1) is 21.6. The number of halogens is 3. The molecule has 30 heavy (non-hydrogen) atoms. The minimum atomic E-state index is -0.430. The first-order chi connectivity index (χ1) is 14.4. The Hall–Kier alpha value is -3.06. The van der Waals surface area contributed by atoms with Crippen LogP contribution in [0, 0.1) is 0 Å². The van der Waals surface area contributed by atoms with E-state index in [9.17, 15) is 9.59 Å². The quantitative estimate of drug-likeness (QED) is 0.319. The minimum Gasteiger partial charge on any atom is -0.308 e. The second-order valence-corrected chi connectivity index (χ2v) is 7.29. The average molecular weight is 462 g/mol. The highest BCUT2D eigenvalue weighted by molar-refractivity contribution is 6.42. The predicted molar refractivity (Wildman–Crippen MR) is 122 cm³/mol. The number of nitrogens with zero attached hydrogens (tertiary/aromatic N) is 1. The van der Waals surface area contributed by atoms with Crippen LogP contribution in [0.4, 0.5) is 16.2 Å². The summed E-state index contributed by atoms with van der Waals surface area (Å²) in [5.41, 5.74) is 4.57. The van der Waals surface area contributed by atoms with E-state index in [1.54, 1.807) is 66.7 Å². The number of rotatable bonds is 5. The fraction of sp³-hybridized carbons (Fsp3) is 0. The van der Waals surface area contributed by atoms with Crippen molar-refractivity contribution in [2.45, 2.75) is 0 Å². The van der Waals surface area contributed by atoms with Crippen LogP contribution >= 0.6 is 34.8 Å². The molecule has 0 saturated heterocycles. The minimum absolute atomic E-state index is 0.377. The van der Waals surface area contributed by atoms with Gasteiger partial charge in [0.05, 0.1) is 16.3 Å². The maximum Gasteiger partial charge on any atom is 0.323 e. The molecule has 3 rings (SSSR count). The lowest BCUT2D eigenvalue weighted by atomic mass is 10.2. The number of nitrogens with one attached hydrogen (secondary N) is 3. The smallest absolute Gasteiger partial charge is 0.308 e. The number of urea groups is 1. The van der Waals surface area contributed by atoms with Crippen LogP contribution in [0.5, 0.6) is 0 Å². The van der Waals surface area contributed by atoms with Gasteiger partial charge in [-0.3, -0.25) is 4.79 Å². The van der Waals surface area contributed by atoms with Crippen molar-refractivity contribution in [3.8, 4) is 0 Å². The predicted octanol–water partition coefficient (Wildman–Crippen LogP) is 6.05. The van der Waals surface area contributed by atoms with E-state index in [0.29, 0.717) is 37.6 Å². The molecule has 3 aromatic rings. The number of benzene rings is 3. The van der Waals surface area contributed by atoms with Gasteiger partial charge in [-0.15, -0.1) is 0 Å². The van der Waals surface area contributed by atoms with Gasteiger partial charge in [-0.1, -0.05) is 46.9 Å². The molecule has 0 atom stereocenters. The maximum absolute atomic E-state index is 12.2. The van der Waals surface area contributed by atoms with Crippen LogP contribution in [0.25, 0.3) is 0 Å². The monoisotopic (exact) mass is 460 g/mol. The van der Waals surface area contributed by atoms with Gasteiger partial charge >= 0.3 is 6.03 Å². The van der Waals surface area contributed by atoms with E-state index in [2.05, 4.69) is 21.2 Å². The summed E-state index contributed by atoms with van der Waals surface area (Å²) in [6.45, 7) is 0. The lowest BCUT2D eigenvalue weighted by Gasteiger charge is -2.08. The van der Waals surface area contributed by atoms with Crippen LogP contribution in [0.3, 0.4) is 0 Å². The number of carbonyl (C=O) groups excluding carboxylic acids is 2. The van der Waals surface area contributed by atoms with Gasteiger partial charge in [0.25, 0.3) is 5.91 Å². The molecule has 3 N–H and O–H groups in total. The molecule has 0 bridgehead atoms. The van der Waals surface area contributed by atoms with E-state index < -0.39 is 11.9 Å². The number of hydrazone groups is 1. The zero-order chi connectivity index (χ0) is 21.5. The Labute approximate surface area is 187 Å². The van der Waals surface area contributed by atoms with Crippen molar-refractivity contribution in [3.05, 3.63) is 92.9 Å². The van der Waals surface area contributed by atoms with Crippen LogP contribution in [0.2, 0.25) is 15.1 Å². The van der Waals surface area contributed by atoms with E-state index in [1.807, 2.05) is 0 Å². The molecule has 9 heteroatoms. The Bertz CT molecular complexity index is 1100. The molecule has 0 aliphatic rings. The molecule has 3 amide bonds. The Balaban J connectivity index is 1.54. The highest BCUT2D eigenvalue weighted by Crippen LogP contribution is 2.21. The van der Waals surface area contributed by atoms with Crippen molar-refractivity contribution < 1.29 is 9.59 Å². The third-order valence-electron chi connectivity index (χ3n) is 3.81. The lowest BCUT2D eigenvalue weighted by molar-refractivity contribution is 0.0955. The second kappa shape index (κ2) is 10.1. The molecule has 152 valence electrons. The van der Waals surface area contributed by atoms with E-state index in [-0.39, 0.29) is 0 Å². The number of anilines is 2. The van der Waals surface area contributed by atoms with Gasteiger partial charge in [-0.05, 0) is 60.2 Å². The van der Waals surface area contributed by atoms with Gasteiger partial charge in [-0.2, -0.15) is 5.10 Å². The van der Waals surface area contributed by atoms with Gasteiger partial charge in [0.15, 0.2) is 0 Å². The molecule has 0 aliphatic heterocycles. The number of hydrogen-bond donors (Lipinski definition) is 3. The molecule has 0 aromatic heterocycles. The third kappa shape index (κ3) is 6.22. The molecule has 0 radical (unpaired) electrons. The molecule has 0 saturated carbocycles. The molecule has 3 aromatic carbocycles. The van der Waals surface area contributed by atoms with E-state index >= 15 is 0 Å². The fourth-order valence-electron chi connectivity index (χ4n) is 2.39. The number of carbonyl (C=O) groups is 2. The van der Waals surface area contributed by atoms with Crippen LogP contribution in [-0.2, 0) is 0 Å². The maximum atomic E-state index is 12.2. The largest absolute Gasteiger partial charge is 0.323 e. The highest BCUT2D eigenvalue weighted by Gasteiger charge is 2.07. The van der Waals surface area contributed by atoms with Crippen molar-refractivity contribution in [1.82, 2.24) is 5.43 Å². The highest BCUT2D eigenvalue weighted by atomic mass is 35.5. The topological polar surface area (TPSA) is 82.6 Å². The Morgan fingerprint density at radius 3 is 2.23 bits per heavy atom. The van der Waals surface area contributed by atoms with Crippen LogP contribution < -0.4 is 16.1 Å². The summed E-state index contributed by atoms with van der Waals surface area (Å²) in [7, 11) is 0. The standard InChI is InChI=1S/C21H15Cl3N4O2/c22-15-2-1-3-17(11-15)27-21(30)26-16-7-5-14(6-8-16)20(29)28-25-12-13-4-9-18(23)19(24)10-13/h1-12H,(H,28,29)(H2,26,27,30)/b25-12+. The molecule has 0 spiro atoms. The van der Waals surface area contributed by atoms with E-state index in [4.69, 9.17) is 34.8 Å². The van der Waals surface area contributed by atoms with Crippen molar-refractivity contribution in [3.63, 3.8) is 0 Å². The van der Waals surface area contributed by atoms with Gasteiger partial charge in [-0.25, -0.2) is 10.2 Å². The third-order valence-corrected chi connectivity index (χ3v) is 4.78. The molecule has 0 heterocycles. The zero-order valence-corrected chi connectivity index (χ0v) is 17.6. The molecule has 0 fully saturated rings. The Morgan fingerprint density at radius 1 is 0.800 bits per heavy atom. The molecule has 6 nitrogen and oxygen atoms in total. The molecular formula is C21H15Cl3N4O2. The van der Waals surface area contributed by atoms with Crippen molar-refractivity contribution in [2.24, 2.45) is 5.10 Å². The fourth-order valence-corrected chi connectivity index (χ4v) is 2.88. The first-order valence-corrected chi connectivity index (χ1v) is 9.76. The van der Waals surface area contributed by atoms with Crippen molar-refractivity contribution in [1.29, 1.82) is 0 Å². The summed E-state index contributed by atoms with van der Waals surface area (Å²) in [5, 5.41) is 10.6. The van der Waals surface area contributed by atoms with Gasteiger partial charge in [0.1, 0.15) is 0 Å². The van der Waals surface area contributed by atoms with Crippen LogP contribution in [0.1, 0.15) is 15.9 Å². The summed E-state index contributed by atoms with van der Waals surface area (Å²) in [5.74, 6) is -0.402. The lowest BCUT2D eigenvalue weighted by Crippen LogP contribution is -2.20. The SMILES string of the molecule is O=C(Nc1ccc(C(=O)N/N=C/c2ccc(Cl)c(Cl)c2)cc1)Nc1cccc(Cl)c1. The van der Waals surface area contributed by atoms with Crippen LogP contribution in [-0.4, -0.2) is 18.2 Å². The summed E-state index contributed by atoms with van der Waals surface area (Å²) in [4.78, 5) is 24.2. The molecule has 0 unspecified atom stereocenters. The second-order valence-electron chi connectivity index (χ2n) is 6.04. The summed E-state index contributed by atoms with van der Waals surface area (Å²) >= 11 is 17.7.